The van der Waals surface area contributed by atoms with Crippen molar-refractivity contribution in [3.05, 3.63) is 75.0 Å². The van der Waals surface area contributed by atoms with E-state index < -0.39 is 58.2 Å². The van der Waals surface area contributed by atoms with E-state index in [4.69, 9.17) is 23.7 Å². The largest absolute Gasteiger partial charge is 0.504 e. The number of hydrogen-bond donors (Lipinski definition) is 5. The number of nitrogens with one attached hydrogen (secondary N) is 2. The Labute approximate surface area is 332 Å². The summed E-state index contributed by atoms with van der Waals surface area (Å²) in [6.45, 7) is 7.05. The van der Waals surface area contributed by atoms with E-state index in [1.807, 2.05) is 38.1 Å². The number of aromatic hydroxyl groups is 1. The number of phenols is 1. The van der Waals surface area contributed by atoms with Crippen LogP contribution in [0.4, 0.5) is 0 Å². The molecule has 12 rings (SSSR count). The second-order valence-corrected chi connectivity index (χ2v) is 18.0. The third-order valence-corrected chi connectivity index (χ3v) is 15.3. The highest BCUT2D eigenvalue weighted by molar-refractivity contribution is 7.99. The zero-order chi connectivity index (χ0) is 39.5. The fraction of sp³-hybridized carbons (Fsp3) is 0.476. The van der Waals surface area contributed by atoms with Gasteiger partial charge >= 0.3 is 11.9 Å². The first-order chi connectivity index (χ1) is 27.3. The van der Waals surface area contributed by atoms with Crippen molar-refractivity contribution in [3.63, 3.8) is 0 Å². The molecule has 4 aromatic rings. The molecule has 4 bridgehead atoms. The van der Waals surface area contributed by atoms with Crippen LogP contribution in [-0.2, 0) is 31.8 Å². The van der Waals surface area contributed by atoms with Crippen LogP contribution >= 0.6 is 11.8 Å². The number of thioether (sulfide) groups is 1. The zero-order valence-electron chi connectivity index (χ0n) is 32.2. The maximum Gasteiger partial charge on any atom is 0.333 e. The Balaban J connectivity index is 1.19. The Morgan fingerprint density at radius 3 is 2.67 bits per heavy atom. The van der Waals surface area contributed by atoms with Crippen LogP contribution in [0.2, 0.25) is 0 Å². The number of rotatable bonds is 3. The summed E-state index contributed by atoms with van der Waals surface area (Å²) in [5, 5.41) is 39.9. The molecule has 57 heavy (non-hydrogen) atoms. The molecule has 9 heterocycles. The lowest BCUT2D eigenvalue weighted by atomic mass is 9.75. The molecule has 0 radical (unpaired) electrons. The van der Waals surface area contributed by atoms with Crippen molar-refractivity contribution in [2.75, 3.05) is 39.4 Å². The van der Waals surface area contributed by atoms with Gasteiger partial charge in [-0.3, -0.25) is 19.9 Å². The SMILES string of the molecule is COc1c(C)cc2c(c1O)C1C3[C@@H]4SC[C@]5(N[C@H](CO)Cc6c5[nH]c5ccccc65)C(=O)OC[C@@H](c5c6c(c(C)c(OC(C)=O)c54)OCO6)N3C3(O)CN1C2(C)C3. The second kappa shape index (κ2) is 11.8. The van der Waals surface area contributed by atoms with Gasteiger partial charge in [-0.25, -0.2) is 4.79 Å². The minimum Gasteiger partial charge on any atom is -0.504 e. The summed E-state index contributed by atoms with van der Waals surface area (Å²) in [6.07, 6.45) is 0.812. The minimum absolute atomic E-state index is 0.0578. The molecule has 3 fully saturated rings. The number of benzene rings is 3. The summed E-state index contributed by atoms with van der Waals surface area (Å²) in [5.41, 5.74) is 3.39. The normalized spacial score (nSPS) is 33.2. The average Bonchev–Trinajstić information content (AvgIpc) is 3.93. The van der Waals surface area contributed by atoms with Crippen molar-refractivity contribution in [3.8, 4) is 28.7 Å². The van der Waals surface area contributed by atoms with Crippen LogP contribution in [0.5, 0.6) is 28.7 Å². The Bertz CT molecular complexity index is 2470. The third-order valence-electron chi connectivity index (χ3n) is 13.9. The number of hydrogen-bond acceptors (Lipinski definition) is 14. The number of piperazine rings is 1. The Morgan fingerprint density at radius 2 is 1.89 bits per heavy atom. The molecule has 298 valence electrons. The van der Waals surface area contributed by atoms with E-state index in [0.29, 0.717) is 58.2 Å². The fourth-order valence-corrected chi connectivity index (χ4v) is 13.5. The number of aromatic amines is 1. The van der Waals surface area contributed by atoms with Crippen molar-refractivity contribution >= 4 is 34.6 Å². The molecule has 8 aliphatic heterocycles. The third kappa shape index (κ3) is 4.39. The molecule has 5 N–H and O–H groups in total. The average molecular weight is 797 g/mol. The van der Waals surface area contributed by atoms with Gasteiger partial charge in [0.2, 0.25) is 6.79 Å². The van der Waals surface area contributed by atoms with Gasteiger partial charge in [0.1, 0.15) is 18.1 Å². The molecule has 4 unspecified atom stereocenters. The number of aliphatic hydroxyl groups is 2. The van der Waals surface area contributed by atoms with Gasteiger partial charge in [0.05, 0.1) is 36.7 Å². The van der Waals surface area contributed by atoms with E-state index in [1.165, 1.54) is 18.7 Å². The van der Waals surface area contributed by atoms with Gasteiger partial charge in [0.25, 0.3) is 0 Å². The molecule has 1 aromatic heterocycles. The number of ether oxygens (including phenoxy) is 5. The molecule has 8 aliphatic rings. The van der Waals surface area contributed by atoms with Crippen LogP contribution in [-0.4, -0.2) is 99.3 Å². The highest BCUT2D eigenvalue weighted by Crippen LogP contribution is 2.71. The number of H-pyrrole nitrogens is 1. The standard InChI is InChI=1S/C42H44N4O10S/c1-18-10-24-27(32(49)33(18)52-5)30-31-37-29-28(36-35(54-17-55-36)19(2)34(29)56-20(3)48)26(46(31)41(51)14-40(24,4)45(30)15-41)13-53-39(50)42(16-57-37)38-23(11-21(12-47)44-42)22-8-6-7-9-25(22)43-38/h6-10,21,26,30-31,37,43-44,47,49,51H,11-17H2,1-5H3/t21-,26-,30?,31?,37+,40?,41?,42+/m0/s1. The number of fused-ring (bicyclic) bond motifs is 11. The van der Waals surface area contributed by atoms with Crippen molar-refractivity contribution in [1.29, 1.82) is 0 Å². The highest BCUT2D eigenvalue weighted by atomic mass is 32.2. The first-order valence-electron chi connectivity index (χ1n) is 19.5. The lowest BCUT2D eigenvalue weighted by Crippen LogP contribution is -2.67. The molecule has 3 aromatic carbocycles. The summed E-state index contributed by atoms with van der Waals surface area (Å²) < 4.78 is 30.8. The molecule has 0 amide bonds. The van der Waals surface area contributed by atoms with Crippen LogP contribution in [0.25, 0.3) is 10.9 Å². The number of esters is 2. The van der Waals surface area contributed by atoms with Crippen molar-refractivity contribution in [1.82, 2.24) is 20.1 Å². The van der Waals surface area contributed by atoms with Crippen LogP contribution in [0.15, 0.2) is 30.3 Å². The molecule has 1 spiro atoms. The quantitative estimate of drug-likeness (QED) is 0.149. The van der Waals surface area contributed by atoms with Crippen LogP contribution in [0.3, 0.4) is 0 Å². The van der Waals surface area contributed by atoms with Gasteiger partial charge in [-0.1, -0.05) is 18.2 Å². The van der Waals surface area contributed by atoms with E-state index in [1.54, 1.807) is 7.11 Å². The number of aromatic nitrogens is 1. The Kier molecular flexibility index (Phi) is 7.37. The number of carbonyl (C=O) groups is 2. The summed E-state index contributed by atoms with van der Waals surface area (Å²) in [6, 6.07) is 7.71. The number of aryl methyl sites for hydroxylation is 1. The van der Waals surface area contributed by atoms with Crippen molar-refractivity contribution in [2.45, 2.75) is 86.8 Å². The maximum atomic E-state index is 15.0. The molecule has 14 nitrogen and oxygen atoms in total. The number of methoxy groups -OCH3 is 1. The number of para-hydroxylation sites is 1. The molecule has 0 aliphatic carbocycles. The number of nitrogens with zero attached hydrogens (tertiary/aromatic N) is 2. The molecule has 3 saturated heterocycles. The van der Waals surface area contributed by atoms with Gasteiger partial charge < -0.3 is 44.0 Å². The monoisotopic (exact) mass is 796 g/mol. The van der Waals surface area contributed by atoms with Crippen LogP contribution in [0, 0.1) is 13.8 Å². The van der Waals surface area contributed by atoms with Gasteiger partial charge in [0.15, 0.2) is 28.5 Å². The van der Waals surface area contributed by atoms with Gasteiger partial charge in [-0.05, 0) is 56.0 Å². The Hall–Kier alpha value is -4.51. The zero-order valence-corrected chi connectivity index (χ0v) is 33.0. The van der Waals surface area contributed by atoms with Crippen LogP contribution < -0.4 is 24.3 Å². The predicted octanol–water partition coefficient (Wildman–Crippen LogP) is 3.99. The van der Waals surface area contributed by atoms with E-state index in [2.05, 4.69) is 33.1 Å². The lowest BCUT2D eigenvalue weighted by Gasteiger charge is -2.59. The fourth-order valence-electron chi connectivity index (χ4n) is 11.8. The molecular formula is C42H44N4O10S. The topological polar surface area (TPSA) is 175 Å². The van der Waals surface area contributed by atoms with Gasteiger partial charge in [-0.2, -0.15) is 0 Å². The van der Waals surface area contributed by atoms with Crippen molar-refractivity contribution < 1.29 is 48.6 Å². The predicted molar refractivity (Wildman–Crippen MR) is 207 cm³/mol. The first kappa shape index (κ1) is 35.6. The molecule has 8 atom stereocenters. The van der Waals surface area contributed by atoms with E-state index in [0.717, 1.165) is 33.2 Å². The van der Waals surface area contributed by atoms with Gasteiger partial charge in [0, 0.05) is 76.4 Å². The number of aliphatic hydroxyl groups excluding tert-OH is 1. The molecular weight excluding hydrogens is 753 g/mol. The lowest BCUT2D eigenvalue weighted by molar-refractivity contribution is -0.196. The Morgan fingerprint density at radius 1 is 1.11 bits per heavy atom. The van der Waals surface area contributed by atoms with E-state index in [9.17, 15) is 20.1 Å². The maximum absolute atomic E-state index is 15.0. The molecule has 0 saturated carbocycles. The minimum atomic E-state index is -1.42. The number of phenolic OH excluding ortho intramolecular Hbond substituents is 1. The summed E-state index contributed by atoms with van der Waals surface area (Å²) in [5.74, 6) is 0.805. The van der Waals surface area contributed by atoms with Crippen molar-refractivity contribution in [2.24, 2.45) is 0 Å². The molecule has 15 heteroatoms. The van der Waals surface area contributed by atoms with E-state index in [-0.39, 0.29) is 38.1 Å². The number of carbonyl (C=O) groups excluding carboxylic acids is 2. The van der Waals surface area contributed by atoms with Gasteiger partial charge in [-0.15, -0.1) is 11.8 Å². The summed E-state index contributed by atoms with van der Waals surface area (Å²) >= 11 is 1.49. The highest BCUT2D eigenvalue weighted by Gasteiger charge is 2.72. The second-order valence-electron chi connectivity index (χ2n) is 16.9. The first-order valence-corrected chi connectivity index (χ1v) is 20.5. The summed E-state index contributed by atoms with van der Waals surface area (Å²) in [4.78, 5) is 36.0. The summed E-state index contributed by atoms with van der Waals surface area (Å²) in [7, 11) is 1.55. The smallest absolute Gasteiger partial charge is 0.333 e. The van der Waals surface area contributed by atoms with Crippen LogP contribution in [0.1, 0.15) is 82.2 Å². The van der Waals surface area contributed by atoms with E-state index >= 15 is 4.79 Å².